The van der Waals surface area contributed by atoms with Gasteiger partial charge >= 0.3 is 0 Å². The van der Waals surface area contributed by atoms with Crippen LogP contribution in [0.4, 0.5) is 8.78 Å². The van der Waals surface area contributed by atoms with Crippen molar-refractivity contribution in [2.75, 3.05) is 6.54 Å². The number of hydrogen-bond acceptors (Lipinski definition) is 2. The van der Waals surface area contributed by atoms with Crippen LogP contribution in [0.1, 0.15) is 28.9 Å². The van der Waals surface area contributed by atoms with Crippen LogP contribution in [0.15, 0.2) is 36.4 Å². The Morgan fingerprint density at radius 2 is 1.84 bits per heavy atom. The molecule has 2 aromatic carbocycles. The summed E-state index contributed by atoms with van der Waals surface area (Å²) >= 11 is 11.9. The Morgan fingerprint density at radius 1 is 1.12 bits per heavy atom. The summed E-state index contributed by atoms with van der Waals surface area (Å²) in [6, 6.07) is 7.03. The lowest BCUT2D eigenvalue weighted by atomic mass is 10.1. The van der Waals surface area contributed by atoms with Crippen LogP contribution in [0.25, 0.3) is 0 Å². The number of carbonyl (C=O) groups is 2. The molecule has 0 aromatic heterocycles. The minimum absolute atomic E-state index is 0.344. The highest BCUT2D eigenvalue weighted by Crippen LogP contribution is 2.25. The summed E-state index contributed by atoms with van der Waals surface area (Å²) in [5.74, 6) is -3.10. The van der Waals surface area contributed by atoms with Crippen molar-refractivity contribution < 1.29 is 18.4 Å². The number of halogens is 4. The lowest BCUT2D eigenvalue weighted by Gasteiger charge is -2.16. The molecule has 8 heteroatoms. The van der Waals surface area contributed by atoms with Gasteiger partial charge < -0.3 is 10.6 Å². The predicted molar refractivity (Wildman–Crippen MR) is 91.7 cm³/mol. The van der Waals surface area contributed by atoms with Gasteiger partial charge in [-0.05, 0) is 36.8 Å². The summed E-state index contributed by atoms with van der Waals surface area (Å²) in [6.45, 7) is 1.35. The van der Waals surface area contributed by atoms with E-state index in [2.05, 4.69) is 10.6 Å². The Morgan fingerprint density at radius 3 is 2.48 bits per heavy atom. The first-order chi connectivity index (χ1) is 11.8. The molecule has 0 aliphatic heterocycles. The zero-order valence-corrected chi connectivity index (χ0v) is 14.6. The van der Waals surface area contributed by atoms with Gasteiger partial charge in [-0.1, -0.05) is 29.3 Å². The fourth-order valence-corrected chi connectivity index (χ4v) is 2.72. The summed E-state index contributed by atoms with van der Waals surface area (Å²) in [5, 5.41) is 5.80. The third-order valence-corrected chi connectivity index (χ3v) is 3.95. The maximum absolute atomic E-state index is 13.5. The molecule has 2 aromatic rings. The van der Waals surface area contributed by atoms with Crippen LogP contribution >= 0.6 is 23.2 Å². The van der Waals surface area contributed by atoms with Crippen LogP contribution in [0.3, 0.4) is 0 Å². The standard InChI is InChI=1S/C17H14Cl2F2N2O2/c1-9(12-4-2-10(18)6-14(12)19)23-16(24)8-22-17(25)13-5-3-11(20)7-15(13)21/h2-7,9H,8H2,1H3,(H,22,25)(H,23,24). The number of carbonyl (C=O) groups excluding carboxylic acids is 2. The van der Waals surface area contributed by atoms with Gasteiger partial charge in [0.25, 0.3) is 5.91 Å². The molecule has 1 unspecified atom stereocenters. The number of amides is 2. The van der Waals surface area contributed by atoms with Crippen LogP contribution in [-0.2, 0) is 4.79 Å². The molecular weight excluding hydrogens is 373 g/mol. The van der Waals surface area contributed by atoms with Gasteiger partial charge in [0.1, 0.15) is 11.6 Å². The van der Waals surface area contributed by atoms with Gasteiger partial charge in [-0.3, -0.25) is 9.59 Å². The highest BCUT2D eigenvalue weighted by molar-refractivity contribution is 6.35. The third-order valence-electron chi connectivity index (χ3n) is 3.39. The van der Waals surface area contributed by atoms with Gasteiger partial charge in [-0.15, -0.1) is 0 Å². The Balaban J connectivity index is 1.92. The van der Waals surface area contributed by atoms with Gasteiger partial charge in [-0.25, -0.2) is 8.78 Å². The SMILES string of the molecule is CC(NC(=O)CNC(=O)c1ccc(F)cc1F)c1ccc(Cl)cc1Cl. The van der Waals surface area contributed by atoms with Gasteiger partial charge in [0.15, 0.2) is 0 Å². The van der Waals surface area contributed by atoms with Crippen molar-refractivity contribution in [3.05, 3.63) is 69.2 Å². The smallest absolute Gasteiger partial charge is 0.254 e. The lowest BCUT2D eigenvalue weighted by molar-refractivity contribution is -0.120. The van der Waals surface area contributed by atoms with Gasteiger partial charge in [0, 0.05) is 16.1 Å². The molecule has 4 nitrogen and oxygen atoms in total. The monoisotopic (exact) mass is 386 g/mol. The predicted octanol–water partition coefficient (Wildman–Crippen LogP) is 3.88. The summed E-state index contributed by atoms with van der Waals surface area (Å²) in [5.41, 5.74) is 0.318. The first-order valence-corrected chi connectivity index (χ1v) is 8.01. The molecular formula is C17H14Cl2F2N2O2. The van der Waals surface area contributed by atoms with Crippen molar-refractivity contribution in [3.63, 3.8) is 0 Å². The molecule has 0 saturated carbocycles. The lowest BCUT2D eigenvalue weighted by Crippen LogP contribution is -2.38. The van der Waals surface area contributed by atoms with E-state index >= 15 is 0 Å². The van der Waals surface area contributed by atoms with E-state index in [-0.39, 0.29) is 12.1 Å². The van der Waals surface area contributed by atoms with E-state index in [1.54, 1.807) is 25.1 Å². The van der Waals surface area contributed by atoms with E-state index in [9.17, 15) is 18.4 Å². The van der Waals surface area contributed by atoms with Gasteiger partial charge in [0.2, 0.25) is 5.91 Å². The highest BCUT2D eigenvalue weighted by Gasteiger charge is 2.16. The number of hydrogen-bond donors (Lipinski definition) is 2. The molecule has 0 saturated heterocycles. The second-order valence-corrected chi connectivity index (χ2v) is 6.11. The Labute approximate surface area is 153 Å². The minimum Gasteiger partial charge on any atom is -0.348 e. The summed E-state index contributed by atoms with van der Waals surface area (Å²) in [6.07, 6.45) is 0. The maximum Gasteiger partial charge on any atom is 0.254 e. The van der Waals surface area contributed by atoms with Crippen LogP contribution in [0, 0.1) is 11.6 Å². The largest absolute Gasteiger partial charge is 0.348 e. The quantitative estimate of drug-likeness (QED) is 0.818. The molecule has 0 aliphatic rings. The summed E-state index contributed by atoms with van der Waals surface area (Å²) in [7, 11) is 0. The molecule has 132 valence electrons. The molecule has 2 rings (SSSR count). The Bertz CT molecular complexity index is 815. The normalized spacial score (nSPS) is 11.7. The first-order valence-electron chi connectivity index (χ1n) is 7.25. The number of rotatable bonds is 5. The maximum atomic E-state index is 13.5. The average Bonchev–Trinajstić information content (AvgIpc) is 2.52. The molecule has 0 aliphatic carbocycles. The van der Waals surface area contributed by atoms with E-state index < -0.39 is 29.5 Å². The molecule has 1 atom stereocenters. The van der Waals surface area contributed by atoms with E-state index in [4.69, 9.17) is 23.2 Å². The Kier molecular flexibility index (Phi) is 6.33. The van der Waals surface area contributed by atoms with Crippen molar-refractivity contribution in [1.82, 2.24) is 10.6 Å². The van der Waals surface area contributed by atoms with Crippen molar-refractivity contribution in [2.45, 2.75) is 13.0 Å². The molecule has 2 amide bonds. The Hall–Kier alpha value is -2.18. The van der Waals surface area contributed by atoms with Crippen molar-refractivity contribution in [2.24, 2.45) is 0 Å². The summed E-state index contributed by atoms with van der Waals surface area (Å²) < 4.78 is 26.3. The topological polar surface area (TPSA) is 58.2 Å². The van der Waals surface area contributed by atoms with E-state index in [0.29, 0.717) is 21.7 Å². The third kappa shape index (κ3) is 5.14. The second-order valence-electron chi connectivity index (χ2n) is 5.26. The molecule has 0 bridgehead atoms. The second kappa shape index (κ2) is 8.27. The molecule has 0 radical (unpaired) electrons. The molecule has 0 heterocycles. The van der Waals surface area contributed by atoms with E-state index in [1.807, 2.05) is 0 Å². The fraction of sp³-hybridized carbons (Fsp3) is 0.176. The first kappa shape index (κ1) is 19.1. The van der Waals surface area contributed by atoms with Crippen LogP contribution in [0.5, 0.6) is 0 Å². The van der Waals surface area contributed by atoms with E-state index in [0.717, 1.165) is 12.1 Å². The van der Waals surface area contributed by atoms with Crippen molar-refractivity contribution >= 4 is 35.0 Å². The van der Waals surface area contributed by atoms with Crippen LogP contribution in [-0.4, -0.2) is 18.4 Å². The zero-order valence-electron chi connectivity index (χ0n) is 13.1. The van der Waals surface area contributed by atoms with Crippen molar-refractivity contribution in [3.8, 4) is 0 Å². The molecule has 25 heavy (non-hydrogen) atoms. The zero-order chi connectivity index (χ0) is 18.6. The van der Waals surface area contributed by atoms with Crippen LogP contribution < -0.4 is 10.6 Å². The van der Waals surface area contributed by atoms with E-state index in [1.165, 1.54) is 0 Å². The molecule has 0 spiro atoms. The summed E-state index contributed by atoms with van der Waals surface area (Å²) in [4.78, 5) is 23.8. The number of nitrogens with one attached hydrogen (secondary N) is 2. The number of benzene rings is 2. The fourth-order valence-electron chi connectivity index (χ4n) is 2.15. The van der Waals surface area contributed by atoms with Crippen molar-refractivity contribution in [1.29, 1.82) is 0 Å². The minimum atomic E-state index is -1.00. The van der Waals surface area contributed by atoms with Crippen LogP contribution in [0.2, 0.25) is 10.0 Å². The molecule has 2 N–H and O–H groups in total. The highest BCUT2D eigenvalue weighted by atomic mass is 35.5. The van der Waals surface area contributed by atoms with Gasteiger partial charge in [-0.2, -0.15) is 0 Å². The average molecular weight is 387 g/mol. The van der Waals surface area contributed by atoms with Gasteiger partial charge in [0.05, 0.1) is 18.2 Å². The molecule has 0 fully saturated rings.